The van der Waals surface area contributed by atoms with E-state index in [1.54, 1.807) is 24.0 Å². The molecule has 2 N–H and O–H groups in total. The molecule has 1 aromatic carbocycles. The van der Waals surface area contributed by atoms with Crippen LogP contribution >= 0.6 is 0 Å². The Bertz CT molecular complexity index is 557. The summed E-state index contributed by atoms with van der Waals surface area (Å²) in [5.74, 6) is -0.368. The van der Waals surface area contributed by atoms with Crippen molar-refractivity contribution in [3.8, 4) is 0 Å². The van der Waals surface area contributed by atoms with E-state index in [0.29, 0.717) is 25.2 Å². The van der Waals surface area contributed by atoms with E-state index in [2.05, 4.69) is 5.32 Å². The summed E-state index contributed by atoms with van der Waals surface area (Å²) in [6.45, 7) is 2.60. The molecule has 0 spiro atoms. The van der Waals surface area contributed by atoms with E-state index in [1.165, 1.54) is 13.1 Å². The minimum absolute atomic E-state index is 0.121. The van der Waals surface area contributed by atoms with Crippen molar-refractivity contribution in [2.75, 3.05) is 25.0 Å². The second-order valence-corrected chi connectivity index (χ2v) is 5.21. The number of rotatable bonds is 3. The topological polar surface area (TPSA) is 95.7 Å². The lowest BCUT2D eigenvalue weighted by Gasteiger charge is -2.20. The molecule has 0 radical (unpaired) electrons. The number of hydrogen-bond donors (Lipinski definition) is 2. The number of carbonyl (C=O) groups is 1. The second-order valence-electron chi connectivity index (χ2n) is 5.21. The molecular formula is C13H17N3O4. The number of nitro benzene ring substituents is 1. The molecule has 1 aliphatic rings. The largest absolute Gasteiger partial charge is 0.388 e. The van der Waals surface area contributed by atoms with Crippen molar-refractivity contribution in [1.82, 2.24) is 5.32 Å². The molecule has 1 fully saturated rings. The maximum absolute atomic E-state index is 11.5. The molecular weight excluding hydrogens is 262 g/mol. The molecule has 0 aliphatic carbocycles. The second kappa shape index (κ2) is 5.09. The fourth-order valence-electron chi connectivity index (χ4n) is 2.37. The fourth-order valence-corrected chi connectivity index (χ4v) is 2.37. The minimum Gasteiger partial charge on any atom is -0.388 e. The SMILES string of the molecule is CNC(=O)c1ccc(N2CCC(C)(O)C2)c([N+](=O)[O-])c1. The summed E-state index contributed by atoms with van der Waals surface area (Å²) in [7, 11) is 1.47. The van der Waals surface area contributed by atoms with Gasteiger partial charge < -0.3 is 15.3 Å². The normalized spacial score (nSPS) is 21.9. The molecule has 0 aromatic heterocycles. The zero-order valence-corrected chi connectivity index (χ0v) is 11.4. The molecule has 20 heavy (non-hydrogen) atoms. The van der Waals surface area contributed by atoms with Gasteiger partial charge in [0.1, 0.15) is 5.69 Å². The van der Waals surface area contributed by atoms with Crippen molar-refractivity contribution >= 4 is 17.3 Å². The van der Waals surface area contributed by atoms with Crippen LogP contribution in [-0.2, 0) is 0 Å². The van der Waals surface area contributed by atoms with Crippen LogP contribution in [0.2, 0.25) is 0 Å². The van der Waals surface area contributed by atoms with Crippen molar-refractivity contribution in [3.63, 3.8) is 0 Å². The zero-order chi connectivity index (χ0) is 14.9. The number of amides is 1. The molecule has 1 heterocycles. The Morgan fingerprint density at radius 1 is 1.55 bits per heavy atom. The number of anilines is 1. The summed E-state index contributed by atoms with van der Waals surface area (Å²) in [4.78, 5) is 24.0. The van der Waals surface area contributed by atoms with Gasteiger partial charge in [0.2, 0.25) is 0 Å². The lowest BCUT2D eigenvalue weighted by atomic mass is 10.1. The standard InChI is InChI=1S/C13H17N3O4/c1-13(18)5-6-15(8-13)10-4-3-9(12(17)14-2)7-11(10)16(19)20/h3-4,7,18H,5-6,8H2,1-2H3,(H,14,17). The molecule has 1 aromatic rings. The van der Waals surface area contributed by atoms with E-state index in [1.807, 2.05) is 0 Å². The van der Waals surface area contributed by atoms with Crippen LogP contribution in [0.3, 0.4) is 0 Å². The van der Waals surface area contributed by atoms with Gasteiger partial charge in [-0.25, -0.2) is 0 Å². The molecule has 1 unspecified atom stereocenters. The Balaban J connectivity index is 2.39. The van der Waals surface area contributed by atoms with Crippen LogP contribution in [0.25, 0.3) is 0 Å². The molecule has 0 saturated carbocycles. The number of nitrogens with zero attached hydrogens (tertiary/aromatic N) is 2. The molecule has 1 amide bonds. The quantitative estimate of drug-likeness (QED) is 0.633. The van der Waals surface area contributed by atoms with Crippen LogP contribution in [0.4, 0.5) is 11.4 Å². The Kier molecular flexibility index (Phi) is 3.63. The van der Waals surface area contributed by atoms with E-state index in [-0.39, 0.29) is 17.2 Å². The third-order valence-electron chi connectivity index (χ3n) is 3.45. The number of hydrogen-bond acceptors (Lipinski definition) is 5. The van der Waals surface area contributed by atoms with Crippen LogP contribution in [0, 0.1) is 10.1 Å². The van der Waals surface area contributed by atoms with Crippen molar-refractivity contribution < 1.29 is 14.8 Å². The molecule has 0 bridgehead atoms. The van der Waals surface area contributed by atoms with E-state index in [9.17, 15) is 20.0 Å². The first-order valence-corrected chi connectivity index (χ1v) is 6.32. The maximum atomic E-state index is 11.5. The van der Waals surface area contributed by atoms with Crippen molar-refractivity contribution in [1.29, 1.82) is 0 Å². The first-order valence-electron chi connectivity index (χ1n) is 6.32. The van der Waals surface area contributed by atoms with Crippen LogP contribution in [0.5, 0.6) is 0 Å². The van der Waals surface area contributed by atoms with Gasteiger partial charge >= 0.3 is 0 Å². The van der Waals surface area contributed by atoms with Gasteiger partial charge in [0.25, 0.3) is 11.6 Å². The van der Waals surface area contributed by atoms with Crippen LogP contribution < -0.4 is 10.2 Å². The number of nitrogens with one attached hydrogen (secondary N) is 1. The van der Waals surface area contributed by atoms with E-state index in [0.717, 1.165) is 0 Å². The van der Waals surface area contributed by atoms with Gasteiger partial charge in [-0.2, -0.15) is 0 Å². The molecule has 2 rings (SSSR count). The molecule has 7 heteroatoms. The smallest absolute Gasteiger partial charge is 0.293 e. The minimum atomic E-state index is -0.840. The zero-order valence-electron chi connectivity index (χ0n) is 11.4. The molecule has 108 valence electrons. The van der Waals surface area contributed by atoms with E-state index < -0.39 is 10.5 Å². The van der Waals surface area contributed by atoms with Crippen molar-refractivity contribution in [2.45, 2.75) is 18.9 Å². The van der Waals surface area contributed by atoms with Crippen LogP contribution in [0.15, 0.2) is 18.2 Å². The number of benzene rings is 1. The van der Waals surface area contributed by atoms with Gasteiger partial charge in [0, 0.05) is 31.8 Å². The average Bonchev–Trinajstić information content (AvgIpc) is 2.77. The van der Waals surface area contributed by atoms with Gasteiger partial charge in [-0.15, -0.1) is 0 Å². The third kappa shape index (κ3) is 2.72. The summed E-state index contributed by atoms with van der Waals surface area (Å²) in [6, 6.07) is 4.37. The van der Waals surface area contributed by atoms with Crippen LogP contribution in [0.1, 0.15) is 23.7 Å². The number of nitro groups is 1. The van der Waals surface area contributed by atoms with Gasteiger partial charge in [-0.3, -0.25) is 14.9 Å². The van der Waals surface area contributed by atoms with Crippen molar-refractivity contribution in [3.05, 3.63) is 33.9 Å². The third-order valence-corrected chi connectivity index (χ3v) is 3.45. The van der Waals surface area contributed by atoms with Gasteiger partial charge in [-0.05, 0) is 25.5 Å². The average molecular weight is 279 g/mol. The summed E-state index contributed by atoms with van der Waals surface area (Å²) in [5, 5.41) is 23.6. The summed E-state index contributed by atoms with van der Waals surface area (Å²) >= 11 is 0. The summed E-state index contributed by atoms with van der Waals surface area (Å²) < 4.78 is 0. The van der Waals surface area contributed by atoms with E-state index in [4.69, 9.17) is 0 Å². The number of β-amino-alcohol motifs (C(OH)–C–C–N with tert-alkyl or cyclic N) is 1. The molecule has 7 nitrogen and oxygen atoms in total. The predicted octanol–water partition coefficient (Wildman–Crippen LogP) is 0.915. The fraction of sp³-hybridized carbons (Fsp3) is 0.462. The predicted molar refractivity (Wildman–Crippen MR) is 73.9 cm³/mol. The lowest BCUT2D eigenvalue weighted by Crippen LogP contribution is -2.30. The Morgan fingerprint density at radius 2 is 2.25 bits per heavy atom. The Hall–Kier alpha value is -2.15. The highest BCUT2D eigenvalue weighted by Gasteiger charge is 2.34. The Labute approximate surface area is 116 Å². The Morgan fingerprint density at radius 3 is 2.75 bits per heavy atom. The number of carbonyl (C=O) groups excluding carboxylic acids is 1. The number of aliphatic hydroxyl groups is 1. The molecule has 1 aliphatic heterocycles. The highest BCUT2D eigenvalue weighted by atomic mass is 16.6. The molecule has 1 saturated heterocycles. The summed E-state index contributed by atoms with van der Waals surface area (Å²) in [5.41, 5.74) is -0.286. The maximum Gasteiger partial charge on any atom is 0.293 e. The van der Waals surface area contributed by atoms with E-state index >= 15 is 0 Å². The highest BCUT2D eigenvalue weighted by Crippen LogP contribution is 2.34. The monoisotopic (exact) mass is 279 g/mol. The summed E-state index contributed by atoms with van der Waals surface area (Å²) in [6.07, 6.45) is 0.557. The van der Waals surface area contributed by atoms with Gasteiger partial charge in [-0.1, -0.05) is 0 Å². The first kappa shape index (κ1) is 14.3. The van der Waals surface area contributed by atoms with Crippen molar-refractivity contribution in [2.24, 2.45) is 0 Å². The lowest BCUT2D eigenvalue weighted by molar-refractivity contribution is -0.384. The van der Waals surface area contributed by atoms with Gasteiger partial charge in [0.15, 0.2) is 0 Å². The molecule has 1 atom stereocenters. The van der Waals surface area contributed by atoms with Gasteiger partial charge in [0.05, 0.1) is 10.5 Å². The van der Waals surface area contributed by atoms with Crippen LogP contribution in [-0.4, -0.2) is 41.7 Å². The highest BCUT2D eigenvalue weighted by molar-refractivity contribution is 5.95. The first-order chi connectivity index (χ1) is 9.34.